The third-order valence-electron chi connectivity index (χ3n) is 10.2. The molecule has 1 aromatic heterocycles. The van der Waals surface area contributed by atoms with E-state index >= 15 is 0 Å². The number of rotatable bonds is 9. The number of piperidine rings is 1. The highest BCUT2D eigenvalue weighted by atomic mass is 28.4. The van der Waals surface area contributed by atoms with Crippen molar-refractivity contribution < 1.29 is 27.1 Å². The van der Waals surface area contributed by atoms with Crippen LogP contribution in [0, 0.1) is 13.8 Å². The van der Waals surface area contributed by atoms with Crippen molar-refractivity contribution in [3.05, 3.63) is 77.5 Å². The molecule has 2 fully saturated rings. The number of halogens is 3. The van der Waals surface area contributed by atoms with Crippen molar-refractivity contribution in [2.75, 3.05) is 49.1 Å². The van der Waals surface area contributed by atoms with Gasteiger partial charge in [0.2, 0.25) is 0 Å². The van der Waals surface area contributed by atoms with Crippen molar-refractivity contribution >= 4 is 31.4 Å². The van der Waals surface area contributed by atoms with Crippen LogP contribution in [0.4, 0.5) is 30.4 Å². The lowest BCUT2D eigenvalue weighted by molar-refractivity contribution is -0.274. The third kappa shape index (κ3) is 8.58. The maximum absolute atomic E-state index is 14.5. The molecule has 2 saturated heterocycles. The molecule has 2 aromatic carbocycles. The van der Waals surface area contributed by atoms with Gasteiger partial charge in [-0.25, -0.2) is 4.98 Å². The Hall–Kier alpha value is -3.61. The monoisotopic (exact) mass is 697 g/mol. The summed E-state index contributed by atoms with van der Waals surface area (Å²) in [6.07, 6.45) is -1.62. The Morgan fingerprint density at radius 2 is 1.67 bits per heavy atom. The van der Waals surface area contributed by atoms with Crippen molar-refractivity contribution in [3.8, 4) is 5.75 Å². The minimum atomic E-state index is -4.85. The summed E-state index contributed by atoms with van der Waals surface area (Å²) in [5.74, 6) is 0.475. The molecular formula is C37H50F3N5O3Si. The van der Waals surface area contributed by atoms with Crippen molar-refractivity contribution in [1.29, 1.82) is 0 Å². The lowest BCUT2D eigenvalue weighted by atomic mass is 9.97. The zero-order chi connectivity index (χ0) is 35.6. The third-order valence-corrected chi connectivity index (χ3v) is 14.7. The zero-order valence-corrected chi connectivity index (χ0v) is 30.7. The summed E-state index contributed by atoms with van der Waals surface area (Å²) in [5, 5.41) is 3.39. The van der Waals surface area contributed by atoms with E-state index in [1.807, 2.05) is 54.0 Å². The predicted molar refractivity (Wildman–Crippen MR) is 191 cm³/mol. The standard InChI is InChI=1S/C37H50F3N5O3Si/c1-26-22-27(2)32(45(28-15-18-41-19-16-28)31-12-8-9-13-33(31)48-37(38,39)40)23-30(26)35(46)43-20-21-44(34-14-10-11-17-42-34)29(24-43)25-47-49(6,7)36(3,4)5/h8-14,17,22-23,28-29,41H,15-16,18-21,24-25H2,1-7H3/t29-/m0/s1. The molecule has 5 rings (SSSR count). The van der Waals surface area contributed by atoms with Crippen molar-refractivity contribution in [3.63, 3.8) is 0 Å². The Balaban J connectivity index is 1.49. The van der Waals surface area contributed by atoms with Gasteiger partial charge in [0.05, 0.1) is 18.3 Å². The van der Waals surface area contributed by atoms with Crippen molar-refractivity contribution in [2.24, 2.45) is 0 Å². The largest absolute Gasteiger partial charge is 0.573 e. The number of piperazine rings is 1. The van der Waals surface area contributed by atoms with Gasteiger partial charge in [-0.1, -0.05) is 45.0 Å². The molecule has 266 valence electrons. The number of amides is 1. The fourth-order valence-corrected chi connectivity index (χ4v) is 7.53. The fourth-order valence-electron chi connectivity index (χ4n) is 6.49. The summed E-state index contributed by atoms with van der Waals surface area (Å²) in [6.45, 7) is 18.4. The molecule has 0 saturated carbocycles. The Bertz CT molecular complexity index is 1590. The minimum absolute atomic E-state index is 0.0342. The molecule has 2 aliphatic heterocycles. The van der Waals surface area contributed by atoms with Gasteiger partial charge in [0, 0.05) is 43.1 Å². The first-order valence-electron chi connectivity index (χ1n) is 17.1. The first-order valence-corrected chi connectivity index (χ1v) is 20.0. The molecule has 0 bridgehead atoms. The average molecular weight is 698 g/mol. The number of para-hydroxylation sites is 2. The number of nitrogens with zero attached hydrogens (tertiary/aromatic N) is 4. The summed E-state index contributed by atoms with van der Waals surface area (Å²) in [4.78, 5) is 25.2. The highest BCUT2D eigenvalue weighted by Gasteiger charge is 2.40. The number of aromatic nitrogens is 1. The molecule has 1 N–H and O–H groups in total. The number of aryl methyl sites for hydroxylation is 2. The van der Waals surface area contributed by atoms with Crippen molar-refractivity contribution in [1.82, 2.24) is 15.2 Å². The van der Waals surface area contributed by atoms with Crippen LogP contribution in [0.1, 0.15) is 55.1 Å². The number of pyridine rings is 1. The van der Waals surface area contributed by atoms with Crippen LogP contribution >= 0.6 is 0 Å². The maximum atomic E-state index is 14.5. The Morgan fingerprint density at radius 3 is 2.33 bits per heavy atom. The lowest BCUT2D eigenvalue weighted by Crippen LogP contribution is -2.58. The number of hydrogen-bond donors (Lipinski definition) is 1. The van der Waals surface area contributed by atoms with Crippen LogP contribution in [0.25, 0.3) is 0 Å². The second-order valence-corrected chi connectivity index (χ2v) is 19.5. The topological polar surface area (TPSA) is 70.2 Å². The minimum Gasteiger partial charge on any atom is -0.415 e. The Morgan fingerprint density at radius 1 is 0.980 bits per heavy atom. The van der Waals surface area contributed by atoms with Crippen molar-refractivity contribution in [2.45, 2.75) is 84.0 Å². The van der Waals surface area contributed by atoms with E-state index in [9.17, 15) is 18.0 Å². The molecule has 8 nitrogen and oxygen atoms in total. The SMILES string of the molecule is Cc1cc(C)c(N(c2ccccc2OC(F)(F)F)C2CCNCC2)cc1C(=O)N1CCN(c2ccccn2)[C@H](CO[Si](C)(C)C(C)(C)C)C1. The average Bonchev–Trinajstić information content (AvgIpc) is 3.05. The van der Waals surface area contributed by atoms with E-state index in [4.69, 9.17) is 4.43 Å². The van der Waals surface area contributed by atoms with Crippen LogP contribution in [0.5, 0.6) is 5.75 Å². The summed E-state index contributed by atoms with van der Waals surface area (Å²) in [7, 11) is -2.08. The van der Waals surface area contributed by atoms with E-state index in [0.29, 0.717) is 43.2 Å². The second-order valence-electron chi connectivity index (χ2n) is 14.7. The van der Waals surface area contributed by atoms with Gasteiger partial charge in [0.25, 0.3) is 5.91 Å². The normalized spacial score (nSPS) is 18.0. The predicted octanol–water partition coefficient (Wildman–Crippen LogP) is 7.84. The number of hydrogen-bond acceptors (Lipinski definition) is 7. The molecular weight excluding hydrogens is 648 g/mol. The van der Waals surface area contributed by atoms with E-state index in [0.717, 1.165) is 42.9 Å². The van der Waals surface area contributed by atoms with Gasteiger partial charge in [0.1, 0.15) is 5.82 Å². The summed E-state index contributed by atoms with van der Waals surface area (Å²) < 4.78 is 51.9. The van der Waals surface area contributed by atoms with Gasteiger partial charge in [0.15, 0.2) is 14.1 Å². The molecule has 12 heteroatoms. The highest BCUT2D eigenvalue weighted by molar-refractivity contribution is 6.74. The molecule has 0 unspecified atom stereocenters. The number of benzene rings is 2. The van der Waals surface area contributed by atoms with Crippen LogP contribution in [0.2, 0.25) is 18.1 Å². The molecule has 3 aromatic rings. The number of anilines is 3. The molecule has 0 radical (unpaired) electrons. The molecule has 1 atom stereocenters. The number of carbonyl (C=O) groups excluding carboxylic acids is 1. The first-order chi connectivity index (χ1) is 23.1. The van der Waals surface area contributed by atoms with Gasteiger partial charge in [-0.15, -0.1) is 13.2 Å². The van der Waals surface area contributed by atoms with Gasteiger partial charge in [-0.2, -0.15) is 0 Å². The molecule has 2 aliphatic rings. The van der Waals surface area contributed by atoms with Crippen LogP contribution in [-0.4, -0.2) is 81.9 Å². The molecule has 0 spiro atoms. The van der Waals surface area contributed by atoms with Gasteiger partial charge in [-0.3, -0.25) is 4.79 Å². The Labute approximate surface area is 289 Å². The lowest BCUT2D eigenvalue weighted by Gasteiger charge is -2.44. The number of ether oxygens (including phenoxy) is 1. The van der Waals surface area contributed by atoms with Gasteiger partial charge in [-0.05, 0) is 99.4 Å². The summed E-state index contributed by atoms with van der Waals surface area (Å²) in [6, 6.07) is 15.7. The molecule has 0 aliphatic carbocycles. The first kappa shape index (κ1) is 36.7. The molecule has 3 heterocycles. The van der Waals surface area contributed by atoms with Crippen LogP contribution in [0.3, 0.4) is 0 Å². The zero-order valence-electron chi connectivity index (χ0n) is 29.7. The van der Waals surface area contributed by atoms with Crippen LogP contribution < -0.4 is 19.9 Å². The highest BCUT2D eigenvalue weighted by Crippen LogP contribution is 2.42. The summed E-state index contributed by atoms with van der Waals surface area (Å²) in [5.41, 5.74) is 3.24. The van der Waals surface area contributed by atoms with E-state index < -0.39 is 14.7 Å². The quantitative estimate of drug-likeness (QED) is 0.229. The number of nitrogens with one attached hydrogen (secondary N) is 1. The number of alkyl halides is 3. The van der Waals surface area contributed by atoms with E-state index in [-0.39, 0.29) is 28.8 Å². The maximum Gasteiger partial charge on any atom is 0.573 e. The number of carbonyl (C=O) groups is 1. The van der Waals surface area contributed by atoms with Gasteiger partial charge >= 0.3 is 6.36 Å². The Kier molecular flexibility index (Phi) is 11.0. The fraction of sp³-hybridized carbons (Fsp3) is 0.514. The van der Waals surface area contributed by atoms with E-state index in [2.05, 4.69) is 53.8 Å². The molecule has 49 heavy (non-hydrogen) atoms. The van der Waals surface area contributed by atoms with E-state index in [1.54, 1.807) is 18.3 Å². The summed E-state index contributed by atoms with van der Waals surface area (Å²) >= 11 is 0. The van der Waals surface area contributed by atoms with Crippen LogP contribution in [-0.2, 0) is 4.43 Å². The van der Waals surface area contributed by atoms with Gasteiger partial charge < -0.3 is 29.2 Å². The van der Waals surface area contributed by atoms with Crippen LogP contribution in [0.15, 0.2) is 60.8 Å². The second kappa shape index (κ2) is 14.7. The smallest absolute Gasteiger partial charge is 0.415 e. The molecule has 1 amide bonds. The van der Waals surface area contributed by atoms with E-state index in [1.165, 1.54) is 12.1 Å².